The molecular formula is C26H33N5O2. The second kappa shape index (κ2) is 9.53. The van der Waals surface area contributed by atoms with Gasteiger partial charge < -0.3 is 30.3 Å². The molecule has 3 aliphatic rings. The van der Waals surface area contributed by atoms with Gasteiger partial charge in [0.25, 0.3) is 0 Å². The van der Waals surface area contributed by atoms with Crippen LogP contribution in [0.2, 0.25) is 0 Å². The smallest absolute Gasteiger partial charge is 0.146 e. The van der Waals surface area contributed by atoms with Crippen LogP contribution in [0.25, 0.3) is 6.08 Å². The number of aromatic nitrogens is 1. The molecule has 2 unspecified atom stereocenters. The summed E-state index contributed by atoms with van der Waals surface area (Å²) in [5.41, 5.74) is 4.17. The summed E-state index contributed by atoms with van der Waals surface area (Å²) in [6, 6.07) is 10.2. The van der Waals surface area contributed by atoms with Gasteiger partial charge in [0.05, 0.1) is 6.10 Å². The number of anilines is 3. The van der Waals surface area contributed by atoms with E-state index in [-0.39, 0.29) is 6.10 Å². The number of β-amino-alcohol motifs (C(OH)–C–C–N with tert-alkyl or cyclic N) is 1. The maximum atomic E-state index is 11.8. The SMILES string of the molecule is CN1CCC(c2ccc(Nc3nc(N4CCCC(O)C4)cc4c3C(C=O)NC=C4)cc2)CC1. The van der Waals surface area contributed by atoms with Crippen LogP contribution >= 0.6 is 0 Å². The van der Waals surface area contributed by atoms with Gasteiger partial charge in [-0.05, 0) is 93.3 Å². The minimum absolute atomic E-state index is 0.333. The first-order valence-electron chi connectivity index (χ1n) is 12.0. The Balaban J connectivity index is 1.43. The summed E-state index contributed by atoms with van der Waals surface area (Å²) in [7, 11) is 2.19. The van der Waals surface area contributed by atoms with Crippen LogP contribution in [-0.2, 0) is 4.79 Å². The molecule has 1 aromatic heterocycles. The van der Waals surface area contributed by atoms with Gasteiger partial charge >= 0.3 is 0 Å². The summed E-state index contributed by atoms with van der Waals surface area (Å²) in [5, 5.41) is 16.8. The Morgan fingerprint density at radius 3 is 2.67 bits per heavy atom. The molecule has 3 N–H and O–H groups in total. The molecule has 174 valence electrons. The summed E-state index contributed by atoms with van der Waals surface area (Å²) in [5.74, 6) is 2.13. The summed E-state index contributed by atoms with van der Waals surface area (Å²) in [6.07, 6.45) is 8.54. The molecule has 0 spiro atoms. The molecule has 7 nitrogen and oxygen atoms in total. The van der Waals surface area contributed by atoms with Gasteiger partial charge in [-0.1, -0.05) is 12.1 Å². The monoisotopic (exact) mass is 447 g/mol. The minimum Gasteiger partial charge on any atom is -0.391 e. The predicted molar refractivity (Wildman–Crippen MR) is 132 cm³/mol. The van der Waals surface area contributed by atoms with E-state index >= 15 is 0 Å². The van der Waals surface area contributed by atoms with E-state index in [4.69, 9.17) is 4.98 Å². The van der Waals surface area contributed by atoms with Crippen molar-refractivity contribution in [2.24, 2.45) is 0 Å². The number of likely N-dealkylation sites (tertiary alicyclic amines) is 1. The van der Waals surface area contributed by atoms with Gasteiger partial charge in [-0.15, -0.1) is 0 Å². The topological polar surface area (TPSA) is 80.7 Å². The van der Waals surface area contributed by atoms with Crippen molar-refractivity contribution in [3.05, 3.63) is 53.2 Å². The third kappa shape index (κ3) is 4.75. The molecule has 2 atom stereocenters. The molecule has 0 bridgehead atoms. The number of nitrogens with one attached hydrogen (secondary N) is 2. The Bertz CT molecular complexity index is 1010. The number of pyridine rings is 1. The zero-order valence-corrected chi connectivity index (χ0v) is 19.2. The number of piperidine rings is 2. The number of carbonyl (C=O) groups is 1. The third-order valence-corrected chi connectivity index (χ3v) is 7.15. The van der Waals surface area contributed by atoms with Crippen molar-refractivity contribution in [2.75, 3.05) is 43.4 Å². The first-order chi connectivity index (χ1) is 16.1. The Morgan fingerprint density at radius 2 is 1.94 bits per heavy atom. The van der Waals surface area contributed by atoms with Crippen molar-refractivity contribution >= 4 is 29.7 Å². The minimum atomic E-state index is -0.445. The normalized spacial score (nSPS) is 23.6. The fourth-order valence-electron chi connectivity index (χ4n) is 5.19. The predicted octanol–water partition coefficient (Wildman–Crippen LogP) is 3.41. The van der Waals surface area contributed by atoms with Crippen LogP contribution in [0.5, 0.6) is 0 Å². The molecule has 0 amide bonds. The highest BCUT2D eigenvalue weighted by molar-refractivity contribution is 5.78. The fourth-order valence-corrected chi connectivity index (χ4v) is 5.19. The number of aliphatic hydroxyl groups excluding tert-OH is 1. The summed E-state index contributed by atoms with van der Waals surface area (Å²) < 4.78 is 0. The molecule has 0 aliphatic carbocycles. The van der Waals surface area contributed by atoms with E-state index in [1.54, 1.807) is 0 Å². The van der Waals surface area contributed by atoms with Gasteiger partial charge in [-0.25, -0.2) is 4.98 Å². The number of aldehydes is 1. The van der Waals surface area contributed by atoms with Crippen LogP contribution in [0.15, 0.2) is 36.5 Å². The number of hydrogen-bond donors (Lipinski definition) is 3. The van der Waals surface area contributed by atoms with Gasteiger partial charge in [-0.2, -0.15) is 0 Å². The highest BCUT2D eigenvalue weighted by Gasteiger charge is 2.26. The average molecular weight is 448 g/mol. The second-order valence-electron chi connectivity index (χ2n) is 9.51. The number of fused-ring (bicyclic) bond motifs is 1. The van der Waals surface area contributed by atoms with Crippen molar-refractivity contribution in [1.29, 1.82) is 0 Å². The van der Waals surface area contributed by atoms with Gasteiger partial charge in [0.15, 0.2) is 0 Å². The second-order valence-corrected chi connectivity index (χ2v) is 9.51. The van der Waals surface area contributed by atoms with Crippen LogP contribution in [0, 0.1) is 0 Å². The lowest BCUT2D eigenvalue weighted by atomic mass is 9.89. The molecule has 33 heavy (non-hydrogen) atoms. The summed E-state index contributed by atoms with van der Waals surface area (Å²) >= 11 is 0. The summed E-state index contributed by atoms with van der Waals surface area (Å²) in [6.45, 7) is 3.74. The summed E-state index contributed by atoms with van der Waals surface area (Å²) in [4.78, 5) is 21.2. The maximum Gasteiger partial charge on any atom is 0.146 e. The van der Waals surface area contributed by atoms with Crippen molar-refractivity contribution in [2.45, 2.75) is 43.7 Å². The zero-order valence-electron chi connectivity index (χ0n) is 19.2. The first kappa shape index (κ1) is 21.9. The highest BCUT2D eigenvalue weighted by atomic mass is 16.3. The lowest BCUT2D eigenvalue weighted by molar-refractivity contribution is -0.109. The Hall–Kier alpha value is -2.90. The van der Waals surface area contributed by atoms with E-state index in [1.807, 2.05) is 18.3 Å². The van der Waals surface area contributed by atoms with Crippen molar-refractivity contribution in [1.82, 2.24) is 15.2 Å². The van der Waals surface area contributed by atoms with Gasteiger partial charge in [0.1, 0.15) is 24.0 Å². The lowest BCUT2D eigenvalue weighted by Crippen LogP contribution is -2.39. The quantitative estimate of drug-likeness (QED) is 0.606. The van der Waals surface area contributed by atoms with E-state index in [2.05, 4.69) is 51.7 Å². The highest BCUT2D eigenvalue weighted by Crippen LogP contribution is 2.35. The standard InChI is InChI=1S/C26H33N5O2/c1-30-13-9-19(10-14-30)18-4-6-21(7-5-18)28-26-25-20(8-11-27-23(25)17-32)15-24(29-26)31-12-2-3-22(33)16-31/h4-8,11,15,17,19,22-23,27,33H,2-3,9-10,12-14,16H2,1H3,(H,28,29). The van der Waals surface area contributed by atoms with Gasteiger partial charge in [0, 0.05) is 24.3 Å². The van der Waals surface area contributed by atoms with Crippen LogP contribution < -0.4 is 15.5 Å². The molecule has 7 heteroatoms. The molecule has 3 aliphatic heterocycles. The van der Waals surface area contributed by atoms with Crippen molar-refractivity contribution < 1.29 is 9.90 Å². The molecule has 2 fully saturated rings. The number of aliphatic hydroxyl groups is 1. The maximum absolute atomic E-state index is 11.8. The fraction of sp³-hybridized carbons (Fsp3) is 0.462. The van der Waals surface area contributed by atoms with Crippen LogP contribution in [0.3, 0.4) is 0 Å². The Kier molecular flexibility index (Phi) is 6.33. The molecule has 4 heterocycles. The average Bonchev–Trinajstić information content (AvgIpc) is 2.84. The molecular weight excluding hydrogens is 414 g/mol. The van der Waals surface area contributed by atoms with Crippen molar-refractivity contribution in [3.8, 4) is 0 Å². The van der Waals surface area contributed by atoms with Crippen LogP contribution in [0.4, 0.5) is 17.3 Å². The number of benzene rings is 1. The number of rotatable bonds is 5. The molecule has 0 saturated carbocycles. The number of nitrogens with zero attached hydrogens (tertiary/aromatic N) is 3. The Labute approximate surface area is 195 Å². The van der Waals surface area contributed by atoms with Crippen LogP contribution in [0.1, 0.15) is 54.3 Å². The van der Waals surface area contributed by atoms with Gasteiger partial charge in [0.2, 0.25) is 0 Å². The van der Waals surface area contributed by atoms with E-state index < -0.39 is 6.04 Å². The largest absolute Gasteiger partial charge is 0.391 e. The molecule has 2 aromatic rings. The van der Waals surface area contributed by atoms with E-state index in [1.165, 1.54) is 18.4 Å². The van der Waals surface area contributed by atoms with E-state index in [0.717, 1.165) is 61.4 Å². The van der Waals surface area contributed by atoms with E-state index in [0.29, 0.717) is 18.3 Å². The number of hydrogen-bond acceptors (Lipinski definition) is 7. The van der Waals surface area contributed by atoms with Gasteiger partial charge in [-0.3, -0.25) is 0 Å². The third-order valence-electron chi connectivity index (χ3n) is 7.15. The van der Waals surface area contributed by atoms with Crippen molar-refractivity contribution in [3.63, 3.8) is 0 Å². The number of carbonyl (C=O) groups excluding carboxylic acids is 1. The molecule has 2 saturated heterocycles. The zero-order chi connectivity index (χ0) is 22.8. The lowest BCUT2D eigenvalue weighted by Gasteiger charge is -2.32. The molecule has 5 rings (SSSR count). The Morgan fingerprint density at radius 1 is 1.15 bits per heavy atom. The molecule has 1 aromatic carbocycles. The molecule has 0 radical (unpaired) electrons. The van der Waals surface area contributed by atoms with Crippen LogP contribution in [-0.4, -0.2) is 60.6 Å². The first-order valence-corrected chi connectivity index (χ1v) is 12.0. The van der Waals surface area contributed by atoms with E-state index in [9.17, 15) is 9.90 Å².